The van der Waals surface area contributed by atoms with E-state index >= 15 is 0 Å². The number of fused-ring (bicyclic) bond motifs is 1. The van der Waals surface area contributed by atoms with Gasteiger partial charge in [-0.2, -0.15) is 0 Å². The molecule has 0 radical (unpaired) electrons. The highest BCUT2D eigenvalue weighted by molar-refractivity contribution is 6.46. The summed E-state index contributed by atoms with van der Waals surface area (Å²) in [6.45, 7) is 6.34. The topological polar surface area (TPSA) is 112 Å². The Hall–Kier alpha value is -4.47. The molecule has 10 heteroatoms. The van der Waals surface area contributed by atoms with Crippen LogP contribution in [0, 0.1) is 0 Å². The van der Waals surface area contributed by atoms with E-state index < -0.39 is 17.7 Å². The summed E-state index contributed by atoms with van der Waals surface area (Å²) in [4.78, 5) is 32.4. The summed E-state index contributed by atoms with van der Waals surface area (Å²) in [6.07, 6.45) is 5.82. The van der Waals surface area contributed by atoms with Crippen LogP contribution in [0.4, 0.5) is 0 Å². The number of hydrogen-bond donors (Lipinski definition) is 1. The van der Waals surface area contributed by atoms with E-state index in [2.05, 4.69) is 4.98 Å². The molecule has 5 rings (SSSR count). The molecule has 1 atom stereocenters. The van der Waals surface area contributed by atoms with Gasteiger partial charge in [-0.15, -0.1) is 0 Å². The minimum Gasteiger partial charge on any atom is -0.507 e. The molecular formula is C29H31N3O7. The molecule has 3 aromatic rings. The van der Waals surface area contributed by atoms with Crippen molar-refractivity contribution in [3.05, 3.63) is 71.8 Å². The van der Waals surface area contributed by atoms with E-state index in [1.165, 1.54) is 4.90 Å². The maximum Gasteiger partial charge on any atom is 0.295 e. The van der Waals surface area contributed by atoms with Crippen molar-refractivity contribution < 1.29 is 33.6 Å². The third-order valence-corrected chi connectivity index (χ3v) is 6.61. The first kappa shape index (κ1) is 26.1. The van der Waals surface area contributed by atoms with Crippen LogP contribution in [0.1, 0.15) is 37.4 Å². The van der Waals surface area contributed by atoms with E-state index in [0.717, 1.165) is 0 Å². The van der Waals surface area contributed by atoms with Crippen LogP contribution in [-0.2, 0) is 16.1 Å². The number of hydrogen-bond acceptors (Lipinski definition) is 8. The average molecular weight is 534 g/mol. The van der Waals surface area contributed by atoms with Crippen molar-refractivity contribution >= 4 is 17.4 Å². The Morgan fingerprint density at radius 2 is 1.77 bits per heavy atom. The molecule has 0 saturated carbocycles. The molecular weight excluding hydrogens is 502 g/mol. The Morgan fingerprint density at radius 3 is 2.51 bits per heavy atom. The van der Waals surface area contributed by atoms with Crippen LogP contribution in [0.5, 0.6) is 23.0 Å². The van der Waals surface area contributed by atoms with Gasteiger partial charge in [0.25, 0.3) is 11.7 Å². The molecule has 1 N–H and O–H groups in total. The number of aryl methyl sites for hydroxylation is 1. The van der Waals surface area contributed by atoms with E-state index in [1.807, 2.05) is 24.6 Å². The molecule has 39 heavy (non-hydrogen) atoms. The molecule has 10 nitrogen and oxygen atoms in total. The predicted molar refractivity (Wildman–Crippen MR) is 142 cm³/mol. The third kappa shape index (κ3) is 5.27. The number of ether oxygens (including phenoxy) is 4. The fraction of sp³-hybridized carbons (Fsp3) is 0.345. The Balaban J connectivity index is 1.57. The van der Waals surface area contributed by atoms with Crippen molar-refractivity contribution in [3.63, 3.8) is 0 Å². The fourth-order valence-electron chi connectivity index (χ4n) is 4.88. The largest absolute Gasteiger partial charge is 0.507 e. The van der Waals surface area contributed by atoms with Crippen LogP contribution < -0.4 is 18.9 Å². The van der Waals surface area contributed by atoms with E-state index in [-0.39, 0.29) is 11.3 Å². The number of rotatable bonds is 10. The number of imidazole rings is 1. The van der Waals surface area contributed by atoms with Gasteiger partial charge in [0.1, 0.15) is 19.0 Å². The van der Waals surface area contributed by atoms with Crippen LogP contribution >= 0.6 is 0 Å². The number of nitrogens with zero attached hydrogens (tertiary/aromatic N) is 3. The highest BCUT2D eigenvalue weighted by Gasteiger charge is 2.46. The first-order chi connectivity index (χ1) is 19.0. The number of aliphatic hydroxyl groups excluding tert-OH is 1. The summed E-state index contributed by atoms with van der Waals surface area (Å²) in [5, 5.41) is 11.5. The second kappa shape index (κ2) is 11.5. The van der Waals surface area contributed by atoms with E-state index in [1.54, 1.807) is 48.9 Å². The van der Waals surface area contributed by atoms with Crippen molar-refractivity contribution in [2.45, 2.75) is 32.9 Å². The van der Waals surface area contributed by atoms with Crippen LogP contribution in [-0.4, -0.2) is 64.2 Å². The number of aromatic nitrogens is 2. The smallest absolute Gasteiger partial charge is 0.295 e. The Morgan fingerprint density at radius 1 is 1.00 bits per heavy atom. The van der Waals surface area contributed by atoms with Crippen molar-refractivity contribution in [2.75, 3.05) is 33.0 Å². The molecule has 0 spiro atoms. The predicted octanol–water partition coefficient (Wildman–Crippen LogP) is 3.96. The van der Waals surface area contributed by atoms with Gasteiger partial charge in [0, 0.05) is 31.0 Å². The van der Waals surface area contributed by atoms with Gasteiger partial charge in [0.05, 0.1) is 31.2 Å². The van der Waals surface area contributed by atoms with E-state index in [0.29, 0.717) is 80.1 Å². The van der Waals surface area contributed by atoms with Gasteiger partial charge >= 0.3 is 0 Å². The Kier molecular flexibility index (Phi) is 7.72. The van der Waals surface area contributed by atoms with E-state index in [4.69, 9.17) is 18.9 Å². The summed E-state index contributed by atoms with van der Waals surface area (Å²) in [7, 11) is 0. The van der Waals surface area contributed by atoms with Crippen molar-refractivity contribution in [1.29, 1.82) is 0 Å². The first-order valence-electron chi connectivity index (χ1n) is 13.1. The zero-order valence-corrected chi connectivity index (χ0v) is 22.0. The van der Waals surface area contributed by atoms with Crippen LogP contribution in [0.25, 0.3) is 5.76 Å². The Bertz CT molecular complexity index is 1380. The van der Waals surface area contributed by atoms with Gasteiger partial charge < -0.3 is 33.5 Å². The van der Waals surface area contributed by atoms with Crippen LogP contribution in [0.3, 0.4) is 0 Å². The van der Waals surface area contributed by atoms with Crippen LogP contribution in [0.15, 0.2) is 60.7 Å². The van der Waals surface area contributed by atoms with Gasteiger partial charge in [-0.1, -0.05) is 6.07 Å². The molecule has 2 aliphatic heterocycles. The van der Waals surface area contributed by atoms with E-state index in [9.17, 15) is 14.7 Å². The molecule has 1 saturated heterocycles. The summed E-state index contributed by atoms with van der Waals surface area (Å²) >= 11 is 0. The quantitative estimate of drug-likeness (QED) is 0.237. The maximum atomic E-state index is 13.4. The molecule has 1 fully saturated rings. The molecule has 1 amide bonds. The van der Waals surface area contributed by atoms with Gasteiger partial charge in [0.15, 0.2) is 23.0 Å². The highest BCUT2D eigenvalue weighted by atomic mass is 16.6. The number of benzene rings is 2. The van der Waals surface area contributed by atoms with Crippen LogP contribution in [0.2, 0.25) is 0 Å². The van der Waals surface area contributed by atoms with Crippen molar-refractivity contribution in [3.8, 4) is 23.0 Å². The highest BCUT2D eigenvalue weighted by Crippen LogP contribution is 2.43. The lowest BCUT2D eigenvalue weighted by Crippen LogP contribution is -2.31. The fourth-order valence-corrected chi connectivity index (χ4v) is 4.88. The van der Waals surface area contributed by atoms with Gasteiger partial charge in [-0.05, 0) is 56.2 Å². The van der Waals surface area contributed by atoms with Crippen molar-refractivity contribution in [1.82, 2.24) is 14.5 Å². The number of carbonyl (C=O) groups is 2. The van der Waals surface area contributed by atoms with Gasteiger partial charge in [0.2, 0.25) is 0 Å². The summed E-state index contributed by atoms with van der Waals surface area (Å²) in [5.74, 6) is 0.392. The number of ketones is 1. The summed E-state index contributed by atoms with van der Waals surface area (Å²) in [6, 6.07) is 9.46. The lowest BCUT2D eigenvalue weighted by molar-refractivity contribution is -0.139. The number of amides is 1. The molecule has 0 aliphatic carbocycles. The SMILES string of the molecule is CCOc1ccc([C@@H]2C(=C(O)c3ccc4c(c3)OCCO4)C(=O)C(=O)N2CCCn2ccnc2)cc1OCC. The summed E-state index contributed by atoms with van der Waals surface area (Å²) in [5.41, 5.74) is 0.991. The number of likely N-dealkylation sites (tertiary alicyclic amines) is 1. The number of carbonyl (C=O) groups excluding carboxylic acids is 2. The molecule has 3 heterocycles. The lowest BCUT2D eigenvalue weighted by atomic mass is 9.94. The average Bonchev–Trinajstić information content (AvgIpc) is 3.56. The minimum absolute atomic E-state index is 0.00548. The summed E-state index contributed by atoms with van der Waals surface area (Å²) < 4.78 is 24.7. The standard InChI is InChI=1S/C29H31N3O7/c1-3-36-21-8-6-19(16-23(21)37-4-2)26-25(27(33)20-7-9-22-24(17-20)39-15-14-38-22)28(34)29(35)32(26)12-5-11-31-13-10-30-18-31/h6-10,13,16-18,26,33H,3-5,11-12,14-15H2,1-2H3/t26-/m1/s1. The zero-order chi connectivity index (χ0) is 27.4. The van der Waals surface area contributed by atoms with Gasteiger partial charge in [-0.25, -0.2) is 4.98 Å². The zero-order valence-electron chi connectivity index (χ0n) is 22.0. The Labute approximate surface area is 226 Å². The molecule has 2 aliphatic rings. The molecule has 2 aromatic carbocycles. The molecule has 204 valence electrons. The minimum atomic E-state index is -0.823. The third-order valence-electron chi connectivity index (χ3n) is 6.61. The number of aliphatic hydroxyl groups is 1. The molecule has 0 bridgehead atoms. The van der Waals surface area contributed by atoms with Gasteiger partial charge in [-0.3, -0.25) is 9.59 Å². The second-order valence-corrected chi connectivity index (χ2v) is 9.08. The maximum absolute atomic E-state index is 13.4. The van der Waals surface area contributed by atoms with Crippen molar-refractivity contribution in [2.24, 2.45) is 0 Å². The monoisotopic (exact) mass is 533 g/mol. The first-order valence-corrected chi connectivity index (χ1v) is 13.1. The number of Topliss-reactive ketones (excluding diaryl/α,β-unsaturated/α-hetero) is 1. The second-order valence-electron chi connectivity index (χ2n) is 9.08. The molecule has 0 unspecified atom stereocenters. The lowest BCUT2D eigenvalue weighted by Gasteiger charge is -2.26. The normalized spacial score (nSPS) is 17.9. The molecule has 1 aromatic heterocycles.